The maximum atomic E-state index is 11.5. The van der Waals surface area contributed by atoms with Crippen LogP contribution < -0.4 is 15.0 Å². The first kappa shape index (κ1) is 24.8. The molecule has 0 saturated heterocycles. The fraction of sp³-hybridized carbons (Fsp3) is 0.182. The molecule has 0 bridgehead atoms. The molecule has 3 N–H and O–H groups in total. The van der Waals surface area contributed by atoms with Crippen molar-refractivity contribution in [3.8, 4) is 17.2 Å². The van der Waals surface area contributed by atoms with Gasteiger partial charge >= 0.3 is 7.82 Å². The molecule has 11 nitrogen and oxygen atoms in total. The molecule has 4 aromatic rings. The lowest BCUT2D eigenvalue weighted by Crippen LogP contribution is -2.38. The minimum atomic E-state index is -4.14. The van der Waals surface area contributed by atoms with Crippen LogP contribution in [0, 0.1) is 0 Å². The molecule has 13 heteroatoms. The maximum absolute atomic E-state index is 11.5. The Morgan fingerprint density at radius 1 is 1.20 bits per heavy atom. The summed E-state index contributed by atoms with van der Waals surface area (Å²) in [5.74, 6) is 1.16. The molecule has 0 aliphatic carbocycles. The molecule has 4 aromatic heterocycles. The summed E-state index contributed by atoms with van der Waals surface area (Å²) >= 11 is 5.88. The highest BCUT2D eigenvalue weighted by Crippen LogP contribution is 2.41. The van der Waals surface area contributed by atoms with Crippen molar-refractivity contribution in [3.05, 3.63) is 83.0 Å². The van der Waals surface area contributed by atoms with Crippen LogP contribution in [-0.2, 0) is 33.4 Å². The molecule has 0 fully saturated rings. The Kier molecular flexibility index (Phi) is 7.74. The molecule has 0 aliphatic heterocycles. The minimum absolute atomic E-state index is 0.254. The number of nitrogens with zero attached hydrogens (tertiary/aromatic N) is 4. The quantitative estimate of drug-likeness (QED) is 0.181. The number of rotatable bonds is 10. The van der Waals surface area contributed by atoms with Gasteiger partial charge in [0.25, 0.3) is 5.82 Å². The summed E-state index contributed by atoms with van der Waals surface area (Å²) in [6.45, 7) is -0.0276. The second-order valence-corrected chi connectivity index (χ2v) is 9.24. The highest BCUT2D eigenvalue weighted by atomic mass is 35.5. The predicted molar refractivity (Wildman–Crippen MR) is 125 cm³/mol. The maximum Gasteiger partial charge on any atom is 0.475 e. The number of ether oxygens (including phenoxy) is 1. The lowest BCUT2D eigenvalue weighted by atomic mass is 10.1. The topological polar surface area (TPSA) is 147 Å². The normalized spacial score (nSPS) is 12.9. The molecule has 182 valence electrons. The monoisotopic (exact) mass is 518 g/mol. The van der Waals surface area contributed by atoms with E-state index in [1.165, 1.54) is 4.57 Å². The molecule has 0 amide bonds. The Morgan fingerprint density at radius 3 is 2.80 bits per heavy atom. The summed E-state index contributed by atoms with van der Waals surface area (Å²) in [6.07, 6.45) is 3.77. The highest BCUT2D eigenvalue weighted by molar-refractivity contribution is 7.47. The van der Waals surface area contributed by atoms with Gasteiger partial charge < -0.3 is 14.2 Å². The third kappa shape index (κ3) is 6.62. The fourth-order valence-corrected chi connectivity index (χ4v) is 3.64. The van der Waals surface area contributed by atoms with E-state index in [-0.39, 0.29) is 19.2 Å². The first-order valence-corrected chi connectivity index (χ1v) is 12.2. The van der Waals surface area contributed by atoms with E-state index < -0.39 is 7.82 Å². The van der Waals surface area contributed by atoms with Gasteiger partial charge in [0.05, 0.1) is 17.6 Å². The van der Waals surface area contributed by atoms with Crippen molar-refractivity contribution >= 4 is 25.2 Å². The van der Waals surface area contributed by atoms with Gasteiger partial charge in [0.15, 0.2) is 5.76 Å². The molecular weight excluding hydrogens is 497 g/mol. The second kappa shape index (κ2) is 10.9. The summed E-state index contributed by atoms with van der Waals surface area (Å²) in [4.78, 5) is 17.9. The van der Waals surface area contributed by atoms with Crippen molar-refractivity contribution < 1.29 is 32.3 Å². The molecule has 0 aliphatic rings. The number of phosphoric acid groups is 1. The zero-order valence-electron chi connectivity index (χ0n) is 18.6. The fourth-order valence-electron chi connectivity index (χ4n) is 3.08. The number of nitrogens with two attached hydrogens (primary N) is 1. The van der Waals surface area contributed by atoms with Gasteiger partial charge in [-0.2, -0.15) is 0 Å². The van der Waals surface area contributed by atoms with Gasteiger partial charge in [-0.3, -0.25) is 10.3 Å². The number of pyridine rings is 3. The Labute approximate surface area is 205 Å². The van der Waals surface area contributed by atoms with Crippen LogP contribution in [0.25, 0.3) is 11.3 Å². The number of nitrogen functional groups attached to an aromatic ring is 1. The Hall–Kier alpha value is -3.34. The van der Waals surface area contributed by atoms with Crippen molar-refractivity contribution in [1.82, 2.24) is 15.1 Å². The SMILES string of the molecule is COP(=O)(O)OC[n+]1cccc(-c2cc(Cc3ccc(OCc4cccc(Cl)n4)nc3)no2)c1N. The third-order valence-electron chi connectivity index (χ3n) is 4.85. The third-order valence-corrected chi connectivity index (χ3v) is 5.97. The number of anilines is 1. The Balaban J connectivity index is 1.39. The van der Waals surface area contributed by atoms with Gasteiger partial charge in [-0.1, -0.05) is 28.9 Å². The van der Waals surface area contributed by atoms with E-state index in [4.69, 9.17) is 31.1 Å². The van der Waals surface area contributed by atoms with E-state index in [1.54, 1.807) is 42.7 Å². The van der Waals surface area contributed by atoms with Crippen LogP contribution in [0.2, 0.25) is 5.15 Å². The van der Waals surface area contributed by atoms with Gasteiger partial charge in [-0.05, 0) is 29.8 Å². The number of phosphoric ester groups is 1. The van der Waals surface area contributed by atoms with E-state index in [1.807, 2.05) is 18.2 Å². The molecule has 4 rings (SSSR count). The van der Waals surface area contributed by atoms with E-state index >= 15 is 0 Å². The minimum Gasteiger partial charge on any atom is -0.471 e. The molecule has 0 spiro atoms. The molecule has 35 heavy (non-hydrogen) atoms. The van der Waals surface area contributed by atoms with Gasteiger partial charge in [0, 0.05) is 31.9 Å². The van der Waals surface area contributed by atoms with Gasteiger partial charge in [-0.25, -0.2) is 23.6 Å². The Bertz CT molecular complexity index is 1350. The van der Waals surface area contributed by atoms with Gasteiger partial charge in [0.2, 0.25) is 12.6 Å². The smallest absolute Gasteiger partial charge is 0.471 e. The van der Waals surface area contributed by atoms with Crippen molar-refractivity contribution in [2.45, 2.75) is 19.8 Å². The highest BCUT2D eigenvalue weighted by Gasteiger charge is 2.22. The molecular formula is C22H22ClN5O6P+. The van der Waals surface area contributed by atoms with Crippen LogP contribution >= 0.6 is 19.4 Å². The average Bonchev–Trinajstić information content (AvgIpc) is 3.31. The van der Waals surface area contributed by atoms with Crippen molar-refractivity contribution in [1.29, 1.82) is 0 Å². The largest absolute Gasteiger partial charge is 0.475 e. The molecule has 0 aromatic carbocycles. The van der Waals surface area contributed by atoms with E-state index in [0.717, 1.165) is 12.7 Å². The number of hydrogen-bond acceptors (Lipinski definition) is 9. The predicted octanol–water partition coefficient (Wildman–Crippen LogP) is 3.55. The number of aromatic nitrogens is 4. The summed E-state index contributed by atoms with van der Waals surface area (Å²) < 4.78 is 33.4. The summed E-state index contributed by atoms with van der Waals surface area (Å²) in [5, 5.41) is 4.51. The average molecular weight is 519 g/mol. The lowest BCUT2D eigenvalue weighted by molar-refractivity contribution is -0.711. The summed E-state index contributed by atoms with van der Waals surface area (Å²) in [7, 11) is -3.06. The van der Waals surface area contributed by atoms with E-state index in [9.17, 15) is 9.46 Å². The summed E-state index contributed by atoms with van der Waals surface area (Å²) in [6, 6.07) is 14.2. The van der Waals surface area contributed by atoms with Crippen LogP contribution in [0.15, 0.2) is 65.4 Å². The van der Waals surface area contributed by atoms with Crippen LogP contribution in [-0.4, -0.2) is 27.1 Å². The molecule has 0 radical (unpaired) electrons. The van der Waals surface area contributed by atoms with E-state index in [2.05, 4.69) is 19.6 Å². The number of hydrogen-bond donors (Lipinski definition) is 2. The standard InChI is InChI=1S/C22H21ClN5O6P/c1-31-35(29,30)33-14-28-9-3-5-18(22(28)24)19-11-17(27-34-19)10-15-7-8-21(25-12-15)32-13-16-4-2-6-20(23)26-16/h2-9,11-12,24H,10,13-14H2,1H3,(H,29,30)/p+1. The van der Waals surface area contributed by atoms with Crippen molar-refractivity contribution in [3.63, 3.8) is 0 Å². The van der Waals surface area contributed by atoms with Crippen LogP contribution in [0.5, 0.6) is 5.88 Å². The first-order chi connectivity index (χ1) is 16.8. The van der Waals surface area contributed by atoms with Crippen LogP contribution in [0.4, 0.5) is 5.82 Å². The van der Waals surface area contributed by atoms with Crippen molar-refractivity contribution in [2.75, 3.05) is 12.8 Å². The van der Waals surface area contributed by atoms with E-state index in [0.29, 0.717) is 40.2 Å². The molecule has 4 heterocycles. The first-order valence-electron chi connectivity index (χ1n) is 10.3. The number of halogens is 1. The summed E-state index contributed by atoms with van der Waals surface area (Å²) in [5.41, 5.74) is 9.02. The van der Waals surface area contributed by atoms with Gasteiger partial charge in [0.1, 0.15) is 17.3 Å². The molecule has 1 atom stereocenters. The van der Waals surface area contributed by atoms with Gasteiger partial charge in [-0.15, -0.1) is 0 Å². The molecule has 1 unspecified atom stereocenters. The van der Waals surface area contributed by atoms with Crippen LogP contribution in [0.3, 0.4) is 0 Å². The Morgan fingerprint density at radius 2 is 2.06 bits per heavy atom. The molecule has 0 saturated carbocycles. The van der Waals surface area contributed by atoms with Crippen molar-refractivity contribution in [2.24, 2.45) is 0 Å². The van der Waals surface area contributed by atoms with Crippen LogP contribution in [0.1, 0.15) is 17.0 Å². The lowest BCUT2D eigenvalue weighted by Gasteiger charge is -2.09. The zero-order chi connectivity index (χ0) is 24.8. The zero-order valence-corrected chi connectivity index (χ0v) is 20.2. The second-order valence-electron chi connectivity index (χ2n) is 7.29.